The topological polar surface area (TPSA) is 84.5 Å². The highest BCUT2D eigenvalue weighted by molar-refractivity contribution is 7.16. The second kappa shape index (κ2) is 8.10. The van der Waals surface area contributed by atoms with Crippen molar-refractivity contribution in [2.75, 3.05) is 11.9 Å². The van der Waals surface area contributed by atoms with Crippen molar-refractivity contribution in [3.8, 4) is 0 Å². The Kier molecular flexibility index (Phi) is 6.75. The predicted molar refractivity (Wildman–Crippen MR) is 90.8 cm³/mol. The maximum atomic E-state index is 12.5. The van der Waals surface area contributed by atoms with Gasteiger partial charge < -0.3 is 15.4 Å². The lowest BCUT2D eigenvalue weighted by Gasteiger charge is -2.20. The molecule has 0 radical (unpaired) electrons. The lowest BCUT2D eigenvalue weighted by atomic mass is 10.0. The number of carbonyl (C=O) groups is 3. The van der Waals surface area contributed by atoms with Gasteiger partial charge in [-0.3, -0.25) is 9.59 Å². The summed E-state index contributed by atoms with van der Waals surface area (Å²) in [5, 5.41) is 5.85. The number of carbonyl (C=O) groups excluding carboxylic acids is 3. The number of amides is 2. The molecule has 0 aliphatic carbocycles. The van der Waals surface area contributed by atoms with Gasteiger partial charge in [0.25, 0.3) is 0 Å². The second-order valence-electron chi connectivity index (χ2n) is 5.62. The molecule has 1 rings (SSSR count). The number of hydrogen-bond donors (Lipinski definition) is 2. The first-order valence-electron chi connectivity index (χ1n) is 7.54. The molecule has 1 aromatic heterocycles. The van der Waals surface area contributed by atoms with Crippen LogP contribution in [0, 0.1) is 19.8 Å². The molecule has 1 aromatic rings. The predicted octanol–water partition coefficient (Wildman–Crippen LogP) is 2.64. The molecule has 0 saturated carbocycles. The van der Waals surface area contributed by atoms with Crippen LogP contribution in [0.15, 0.2) is 0 Å². The van der Waals surface area contributed by atoms with Gasteiger partial charge in [-0.2, -0.15) is 0 Å². The highest BCUT2D eigenvalue weighted by Crippen LogP contribution is 2.33. The minimum atomic E-state index is -0.662. The van der Waals surface area contributed by atoms with Crippen LogP contribution in [-0.4, -0.2) is 30.4 Å². The number of aryl methyl sites for hydroxylation is 1. The Hall–Kier alpha value is -1.89. The normalized spacial score (nSPS) is 12.0. The Morgan fingerprint density at radius 1 is 1.22 bits per heavy atom. The van der Waals surface area contributed by atoms with Gasteiger partial charge in [-0.15, -0.1) is 11.3 Å². The van der Waals surface area contributed by atoms with Crippen LogP contribution in [0.1, 0.15) is 48.5 Å². The number of anilines is 1. The maximum Gasteiger partial charge on any atom is 0.341 e. The summed E-state index contributed by atoms with van der Waals surface area (Å²) in [7, 11) is 0. The van der Waals surface area contributed by atoms with Crippen molar-refractivity contribution < 1.29 is 19.1 Å². The van der Waals surface area contributed by atoms with Crippen LogP contribution >= 0.6 is 11.3 Å². The highest BCUT2D eigenvalue weighted by Gasteiger charge is 2.27. The van der Waals surface area contributed by atoms with E-state index in [-0.39, 0.29) is 24.3 Å². The monoisotopic (exact) mass is 340 g/mol. The molecular weight excluding hydrogens is 316 g/mol. The molecule has 0 fully saturated rings. The van der Waals surface area contributed by atoms with Crippen molar-refractivity contribution in [2.45, 2.75) is 47.6 Å². The molecule has 23 heavy (non-hydrogen) atoms. The molecule has 2 N–H and O–H groups in total. The van der Waals surface area contributed by atoms with Gasteiger partial charge in [0.1, 0.15) is 11.0 Å². The lowest BCUT2D eigenvalue weighted by Crippen LogP contribution is -2.46. The van der Waals surface area contributed by atoms with Gasteiger partial charge in [0, 0.05) is 11.8 Å². The molecule has 0 bridgehead atoms. The third-order valence-corrected chi connectivity index (χ3v) is 4.53. The zero-order chi connectivity index (χ0) is 17.7. The van der Waals surface area contributed by atoms with Crippen molar-refractivity contribution in [3.63, 3.8) is 0 Å². The quantitative estimate of drug-likeness (QED) is 0.780. The zero-order valence-corrected chi connectivity index (χ0v) is 15.2. The first kappa shape index (κ1) is 19.2. The number of esters is 1. The first-order valence-corrected chi connectivity index (χ1v) is 8.35. The molecule has 0 aliphatic heterocycles. The molecule has 0 saturated heterocycles. The summed E-state index contributed by atoms with van der Waals surface area (Å²) in [5.74, 6) is -1.15. The van der Waals surface area contributed by atoms with Gasteiger partial charge >= 0.3 is 5.97 Å². The summed E-state index contributed by atoms with van der Waals surface area (Å²) in [6.45, 7) is 10.8. The van der Waals surface area contributed by atoms with Gasteiger partial charge in [0.05, 0.1) is 12.2 Å². The number of nitrogens with one attached hydrogen (secondary N) is 2. The van der Waals surface area contributed by atoms with E-state index in [1.807, 2.05) is 27.7 Å². The van der Waals surface area contributed by atoms with E-state index < -0.39 is 12.0 Å². The summed E-state index contributed by atoms with van der Waals surface area (Å²) < 4.78 is 5.06. The first-order chi connectivity index (χ1) is 10.7. The smallest absolute Gasteiger partial charge is 0.341 e. The van der Waals surface area contributed by atoms with E-state index in [0.717, 1.165) is 10.4 Å². The molecule has 0 aliphatic rings. The number of hydrogen-bond acceptors (Lipinski definition) is 5. The van der Waals surface area contributed by atoms with Gasteiger partial charge in [0.15, 0.2) is 0 Å². The van der Waals surface area contributed by atoms with E-state index in [4.69, 9.17) is 4.74 Å². The molecule has 2 amide bonds. The summed E-state index contributed by atoms with van der Waals surface area (Å²) in [5.41, 5.74) is 1.18. The fourth-order valence-corrected chi connectivity index (χ4v) is 3.16. The highest BCUT2D eigenvalue weighted by atomic mass is 32.1. The van der Waals surface area contributed by atoms with Crippen LogP contribution in [0.4, 0.5) is 5.00 Å². The van der Waals surface area contributed by atoms with Crippen molar-refractivity contribution in [3.05, 3.63) is 16.0 Å². The van der Waals surface area contributed by atoms with Crippen LogP contribution in [0.2, 0.25) is 0 Å². The Morgan fingerprint density at radius 3 is 2.30 bits per heavy atom. The van der Waals surface area contributed by atoms with Gasteiger partial charge in [0.2, 0.25) is 11.8 Å². The summed E-state index contributed by atoms with van der Waals surface area (Å²) >= 11 is 1.33. The van der Waals surface area contributed by atoms with E-state index in [0.29, 0.717) is 10.6 Å². The molecule has 7 heteroatoms. The van der Waals surface area contributed by atoms with E-state index in [1.165, 1.54) is 18.3 Å². The maximum absolute atomic E-state index is 12.5. The average Bonchev–Trinajstić information content (AvgIpc) is 2.70. The SMILES string of the molecule is CCOC(=O)c1c(NC(=O)C(NC(C)=O)C(C)C)sc(C)c1C. The number of rotatable bonds is 6. The van der Waals surface area contributed by atoms with Crippen LogP contribution in [0.5, 0.6) is 0 Å². The van der Waals surface area contributed by atoms with Crippen LogP contribution in [0.25, 0.3) is 0 Å². The third-order valence-electron chi connectivity index (χ3n) is 3.41. The van der Waals surface area contributed by atoms with Gasteiger partial charge in [-0.05, 0) is 32.3 Å². The second-order valence-corrected chi connectivity index (χ2v) is 6.84. The third kappa shape index (κ3) is 4.79. The fourth-order valence-electron chi connectivity index (χ4n) is 2.11. The van der Waals surface area contributed by atoms with E-state index in [1.54, 1.807) is 6.92 Å². The van der Waals surface area contributed by atoms with Crippen LogP contribution < -0.4 is 10.6 Å². The Labute approximate surface area is 140 Å². The Bertz CT molecular complexity index is 607. The Morgan fingerprint density at radius 2 is 1.83 bits per heavy atom. The lowest BCUT2D eigenvalue weighted by molar-refractivity contribution is -0.126. The van der Waals surface area contributed by atoms with Crippen molar-refractivity contribution in [1.29, 1.82) is 0 Å². The molecule has 128 valence electrons. The minimum absolute atomic E-state index is 0.0768. The standard InChI is InChI=1S/C16H24N2O4S/c1-7-22-16(21)12-9(4)10(5)23-15(12)18-14(20)13(8(2)3)17-11(6)19/h8,13H,7H2,1-6H3,(H,17,19)(H,18,20). The van der Waals surface area contributed by atoms with E-state index >= 15 is 0 Å². The Balaban J connectivity index is 3.08. The van der Waals surface area contributed by atoms with E-state index in [2.05, 4.69) is 10.6 Å². The fraction of sp³-hybridized carbons (Fsp3) is 0.562. The van der Waals surface area contributed by atoms with Crippen molar-refractivity contribution in [2.24, 2.45) is 5.92 Å². The number of thiophene rings is 1. The minimum Gasteiger partial charge on any atom is -0.462 e. The number of ether oxygens (including phenoxy) is 1. The van der Waals surface area contributed by atoms with Crippen molar-refractivity contribution >= 4 is 34.1 Å². The molecule has 0 spiro atoms. The average molecular weight is 340 g/mol. The molecular formula is C16H24N2O4S. The molecule has 1 atom stereocenters. The van der Waals surface area contributed by atoms with Gasteiger partial charge in [-0.1, -0.05) is 13.8 Å². The molecule has 0 aromatic carbocycles. The largest absolute Gasteiger partial charge is 0.462 e. The van der Waals surface area contributed by atoms with E-state index in [9.17, 15) is 14.4 Å². The summed E-state index contributed by atoms with van der Waals surface area (Å²) in [4.78, 5) is 36.8. The van der Waals surface area contributed by atoms with Crippen LogP contribution in [0.3, 0.4) is 0 Å². The van der Waals surface area contributed by atoms with Crippen molar-refractivity contribution in [1.82, 2.24) is 5.32 Å². The molecule has 6 nitrogen and oxygen atoms in total. The van der Waals surface area contributed by atoms with Crippen LogP contribution in [-0.2, 0) is 14.3 Å². The summed E-state index contributed by atoms with van der Waals surface area (Å²) in [6.07, 6.45) is 0. The summed E-state index contributed by atoms with van der Waals surface area (Å²) in [6, 6.07) is -0.662. The van der Waals surface area contributed by atoms with Gasteiger partial charge in [-0.25, -0.2) is 4.79 Å². The zero-order valence-electron chi connectivity index (χ0n) is 14.4. The molecule has 1 unspecified atom stereocenters. The molecule has 1 heterocycles.